The second kappa shape index (κ2) is 7.31. The summed E-state index contributed by atoms with van der Waals surface area (Å²) >= 11 is 0. The number of carbonyl (C=O) groups excluding carboxylic acids is 1. The molecule has 9 heteroatoms. The minimum atomic E-state index is -3.81. The summed E-state index contributed by atoms with van der Waals surface area (Å²) in [6, 6.07) is 10.4. The number of hydrogen-bond donors (Lipinski definition) is 2. The molecule has 2 N–H and O–H groups in total. The summed E-state index contributed by atoms with van der Waals surface area (Å²) in [5.41, 5.74) is 0.0432. The second-order valence-corrected chi connectivity index (χ2v) is 7.05. The summed E-state index contributed by atoms with van der Waals surface area (Å²) in [6.45, 7) is -0.585. The zero-order valence-corrected chi connectivity index (χ0v) is 14.0. The Morgan fingerprint density at radius 1 is 1.12 bits per heavy atom. The van der Waals surface area contributed by atoms with Gasteiger partial charge in [-0.2, -0.15) is 0 Å². The first-order chi connectivity index (χ1) is 11.7. The average molecular weight is 366 g/mol. The van der Waals surface area contributed by atoms with Crippen molar-refractivity contribution < 1.29 is 27.5 Å². The molecule has 7 nitrogen and oxygen atoms in total. The predicted octanol–water partition coefficient (Wildman–Crippen LogP) is 1.93. The van der Waals surface area contributed by atoms with Gasteiger partial charge in [-0.15, -0.1) is 0 Å². The van der Waals surface area contributed by atoms with Gasteiger partial charge in [0.1, 0.15) is 12.4 Å². The first-order valence-electron chi connectivity index (χ1n) is 7.04. The van der Waals surface area contributed by atoms with Crippen LogP contribution in [0.2, 0.25) is 0 Å². The van der Waals surface area contributed by atoms with Gasteiger partial charge in [0.25, 0.3) is 0 Å². The Bertz CT molecular complexity index is 897. The molecule has 1 amide bonds. The van der Waals surface area contributed by atoms with Crippen molar-refractivity contribution in [2.75, 3.05) is 22.4 Å². The van der Waals surface area contributed by atoms with Crippen LogP contribution in [0.15, 0.2) is 48.5 Å². The number of para-hydroxylation sites is 1. The monoisotopic (exact) mass is 366 g/mol. The first-order valence-corrected chi connectivity index (χ1v) is 8.89. The lowest BCUT2D eigenvalue weighted by molar-refractivity contribution is -0.114. The maximum Gasteiger partial charge on any atom is 0.337 e. The van der Waals surface area contributed by atoms with Crippen LogP contribution in [-0.2, 0) is 14.8 Å². The number of amides is 1. The fourth-order valence-corrected chi connectivity index (χ4v) is 2.96. The minimum absolute atomic E-state index is 0.0487. The van der Waals surface area contributed by atoms with Gasteiger partial charge in [-0.05, 0) is 36.4 Å². The molecule has 2 aromatic carbocycles. The van der Waals surface area contributed by atoms with Crippen LogP contribution < -0.4 is 9.62 Å². The van der Waals surface area contributed by atoms with Gasteiger partial charge in [-0.1, -0.05) is 12.1 Å². The van der Waals surface area contributed by atoms with E-state index in [1.54, 1.807) is 0 Å². The lowest BCUT2D eigenvalue weighted by Crippen LogP contribution is -2.37. The lowest BCUT2D eigenvalue weighted by atomic mass is 10.2. The van der Waals surface area contributed by atoms with E-state index in [1.807, 2.05) is 0 Å². The van der Waals surface area contributed by atoms with Gasteiger partial charge >= 0.3 is 5.97 Å². The number of nitrogens with one attached hydrogen (secondary N) is 1. The molecule has 0 aliphatic rings. The van der Waals surface area contributed by atoms with E-state index < -0.39 is 34.3 Å². The molecule has 2 aromatic rings. The minimum Gasteiger partial charge on any atom is -0.478 e. The molecule has 0 fully saturated rings. The molecular formula is C16H15FN2O5S. The van der Waals surface area contributed by atoms with Gasteiger partial charge in [0.2, 0.25) is 15.9 Å². The van der Waals surface area contributed by atoms with Crippen LogP contribution in [0.1, 0.15) is 10.4 Å². The molecule has 0 heterocycles. The highest BCUT2D eigenvalue weighted by atomic mass is 32.2. The van der Waals surface area contributed by atoms with Crippen LogP contribution in [0, 0.1) is 5.82 Å². The Hall–Kier alpha value is -2.94. The number of halogens is 1. The Balaban J connectivity index is 2.24. The van der Waals surface area contributed by atoms with Crippen LogP contribution in [0.3, 0.4) is 0 Å². The summed E-state index contributed by atoms with van der Waals surface area (Å²) in [5, 5.41) is 11.5. The number of nitrogens with zero attached hydrogens (tertiary/aromatic N) is 1. The van der Waals surface area contributed by atoms with Gasteiger partial charge in [0.15, 0.2) is 0 Å². The number of aromatic carboxylic acids is 1. The van der Waals surface area contributed by atoms with E-state index in [-0.39, 0.29) is 16.9 Å². The topological polar surface area (TPSA) is 104 Å². The number of rotatable bonds is 6. The molecule has 0 bridgehead atoms. The third-order valence-electron chi connectivity index (χ3n) is 3.23. The largest absolute Gasteiger partial charge is 0.478 e. The van der Waals surface area contributed by atoms with Crippen molar-refractivity contribution in [3.05, 3.63) is 59.9 Å². The fraction of sp³-hybridized carbons (Fsp3) is 0.125. The Morgan fingerprint density at radius 2 is 1.72 bits per heavy atom. The number of carbonyl (C=O) groups is 2. The maximum absolute atomic E-state index is 13.0. The van der Waals surface area contributed by atoms with Gasteiger partial charge in [0, 0.05) is 0 Å². The van der Waals surface area contributed by atoms with Crippen molar-refractivity contribution in [2.24, 2.45) is 0 Å². The van der Waals surface area contributed by atoms with Crippen molar-refractivity contribution >= 4 is 33.3 Å². The highest BCUT2D eigenvalue weighted by Gasteiger charge is 2.22. The molecule has 0 aliphatic heterocycles. The molecular weight excluding hydrogens is 351 g/mol. The van der Waals surface area contributed by atoms with Crippen molar-refractivity contribution in [3.63, 3.8) is 0 Å². The van der Waals surface area contributed by atoms with Crippen LogP contribution in [-0.4, -0.2) is 38.2 Å². The molecule has 0 radical (unpaired) electrons. The maximum atomic E-state index is 13.0. The Morgan fingerprint density at radius 3 is 2.28 bits per heavy atom. The zero-order valence-electron chi connectivity index (χ0n) is 13.1. The van der Waals surface area contributed by atoms with Gasteiger partial charge in [-0.3, -0.25) is 9.10 Å². The summed E-state index contributed by atoms with van der Waals surface area (Å²) in [5.74, 6) is -2.50. The number of anilines is 2. The molecule has 0 spiro atoms. The third-order valence-corrected chi connectivity index (χ3v) is 4.37. The summed E-state index contributed by atoms with van der Waals surface area (Å²) in [4.78, 5) is 23.3. The molecule has 132 valence electrons. The highest BCUT2D eigenvalue weighted by molar-refractivity contribution is 7.92. The molecule has 0 saturated carbocycles. The molecule has 25 heavy (non-hydrogen) atoms. The Labute approximate surface area is 143 Å². The predicted molar refractivity (Wildman–Crippen MR) is 90.6 cm³/mol. The number of hydrogen-bond acceptors (Lipinski definition) is 4. The van der Waals surface area contributed by atoms with Crippen molar-refractivity contribution in [1.82, 2.24) is 0 Å². The summed E-state index contributed by atoms with van der Waals surface area (Å²) in [6.07, 6.45) is 0.912. The zero-order chi connectivity index (χ0) is 18.6. The number of carboxylic acid groups (broad SMARTS) is 1. The SMILES string of the molecule is CS(=O)(=O)N(CC(=O)Nc1ccccc1C(=O)O)c1ccc(F)cc1. The van der Waals surface area contributed by atoms with Crippen molar-refractivity contribution in [1.29, 1.82) is 0 Å². The van der Waals surface area contributed by atoms with E-state index in [0.29, 0.717) is 0 Å². The molecule has 0 aliphatic carbocycles. The molecule has 0 aromatic heterocycles. The van der Waals surface area contributed by atoms with Crippen molar-refractivity contribution in [2.45, 2.75) is 0 Å². The average Bonchev–Trinajstić information content (AvgIpc) is 2.53. The standard InChI is InChI=1S/C16H15FN2O5S/c1-25(23,24)19(12-8-6-11(17)7-9-12)10-15(20)18-14-5-3-2-4-13(14)16(21)22/h2-9H,10H2,1H3,(H,18,20)(H,21,22). The van der Waals surface area contributed by atoms with E-state index in [0.717, 1.165) is 22.7 Å². The lowest BCUT2D eigenvalue weighted by Gasteiger charge is -2.22. The van der Waals surface area contributed by atoms with E-state index in [4.69, 9.17) is 5.11 Å². The highest BCUT2D eigenvalue weighted by Crippen LogP contribution is 2.19. The van der Waals surface area contributed by atoms with Crippen LogP contribution in [0.5, 0.6) is 0 Å². The molecule has 0 atom stereocenters. The summed E-state index contributed by atoms with van der Waals surface area (Å²) in [7, 11) is -3.81. The number of carboxylic acids is 1. The molecule has 0 saturated heterocycles. The van der Waals surface area contributed by atoms with Crippen LogP contribution in [0.25, 0.3) is 0 Å². The first kappa shape index (κ1) is 18.4. The van der Waals surface area contributed by atoms with Gasteiger partial charge < -0.3 is 10.4 Å². The third kappa shape index (κ3) is 4.77. The molecule has 0 unspecified atom stereocenters. The smallest absolute Gasteiger partial charge is 0.337 e. The molecule has 2 rings (SSSR count). The quantitative estimate of drug-likeness (QED) is 0.813. The fourth-order valence-electron chi connectivity index (χ4n) is 2.11. The van der Waals surface area contributed by atoms with Crippen LogP contribution >= 0.6 is 0 Å². The number of benzene rings is 2. The second-order valence-electron chi connectivity index (χ2n) is 5.14. The van der Waals surface area contributed by atoms with E-state index in [2.05, 4.69) is 5.32 Å². The van der Waals surface area contributed by atoms with Crippen molar-refractivity contribution in [3.8, 4) is 0 Å². The van der Waals surface area contributed by atoms with E-state index >= 15 is 0 Å². The van der Waals surface area contributed by atoms with Crippen LogP contribution in [0.4, 0.5) is 15.8 Å². The Kier molecular flexibility index (Phi) is 5.38. The normalized spacial score (nSPS) is 11.0. The van der Waals surface area contributed by atoms with Gasteiger partial charge in [0.05, 0.1) is 23.2 Å². The van der Waals surface area contributed by atoms with E-state index in [9.17, 15) is 22.4 Å². The summed E-state index contributed by atoms with van der Waals surface area (Å²) < 4.78 is 37.7. The van der Waals surface area contributed by atoms with Gasteiger partial charge in [-0.25, -0.2) is 17.6 Å². The van der Waals surface area contributed by atoms with E-state index in [1.165, 1.54) is 36.4 Å². The number of sulfonamides is 1.